The van der Waals surface area contributed by atoms with E-state index in [1.807, 2.05) is 0 Å². The molecule has 0 radical (unpaired) electrons. The van der Waals surface area contributed by atoms with Gasteiger partial charge in [-0.2, -0.15) is 0 Å². The van der Waals surface area contributed by atoms with Crippen molar-refractivity contribution in [3.8, 4) is 0 Å². The smallest absolute Gasteiger partial charge is 0.407 e. The molecule has 172 valence electrons. The van der Waals surface area contributed by atoms with E-state index >= 15 is 0 Å². The summed E-state index contributed by atoms with van der Waals surface area (Å²) < 4.78 is 38.5. The molecule has 2 fully saturated rings. The van der Waals surface area contributed by atoms with E-state index in [2.05, 4.69) is 0 Å². The van der Waals surface area contributed by atoms with Crippen LogP contribution in [0.5, 0.6) is 0 Å². The van der Waals surface area contributed by atoms with Gasteiger partial charge in [-0.15, -0.1) is 0 Å². The van der Waals surface area contributed by atoms with Gasteiger partial charge in [0.25, 0.3) is 5.91 Å². The molecule has 0 bridgehead atoms. The van der Waals surface area contributed by atoms with Crippen LogP contribution in [0.2, 0.25) is 5.02 Å². The zero-order valence-corrected chi connectivity index (χ0v) is 19.6. The van der Waals surface area contributed by atoms with Crippen molar-refractivity contribution in [2.24, 2.45) is 0 Å². The summed E-state index contributed by atoms with van der Waals surface area (Å²) >= 11 is 4.54. The third kappa shape index (κ3) is 4.28. The van der Waals surface area contributed by atoms with Gasteiger partial charge in [0, 0.05) is 37.5 Å². The van der Waals surface area contributed by atoms with Gasteiger partial charge in [-0.05, 0) is 52.6 Å². The predicted octanol–water partition coefficient (Wildman–Crippen LogP) is 2.72. The highest BCUT2D eigenvalue weighted by molar-refractivity contribution is 7.94. The van der Waals surface area contributed by atoms with Crippen LogP contribution in [-0.2, 0) is 25.8 Å². The minimum Gasteiger partial charge on any atom is -0.614 e. The molecule has 4 rings (SSSR count). The molecule has 2 amide bonds. The van der Waals surface area contributed by atoms with Gasteiger partial charge in [0.05, 0.1) is 10.6 Å². The van der Waals surface area contributed by atoms with E-state index in [4.69, 9.17) is 16.7 Å². The highest BCUT2D eigenvalue weighted by Gasteiger charge is 2.58. The van der Waals surface area contributed by atoms with E-state index in [-0.39, 0.29) is 61.2 Å². The molecule has 0 aromatic heterocycles. The van der Waals surface area contributed by atoms with Crippen LogP contribution in [0.25, 0.3) is 10.8 Å². The van der Waals surface area contributed by atoms with Gasteiger partial charge in [0.2, 0.25) is 4.87 Å². The number of carbonyl (C=O) groups excluding carboxylic acids is 1. The summed E-state index contributed by atoms with van der Waals surface area (Å²) in [5, 5.41) is 11.4. The van der Waals surface area contributed by atoms with E-state index in [0.717, 1.165) is 10.8 Å². The third-order valence-corrected chi connectivity index (χ3v) is 10.2. The summed E-state index contributed by atoms with van der Waals surface area (Å²) in [4.78, 5) is 25.8. The minimum absolute atomic E-state index is 0.104. The van der Waals surface area contributed by atoms with Gasteiger partial charge in [-0.1, -0.05) is 23.7 Å². The zero-order valence-electron chi connectivity index (χ0n) is 17.2. The molecule has 8 nitrogen and oxygen atoms in total. The Morgan fingerprint density at radius 1 is 1.16 bits per heavy atom. The number of fused-ring (bicyclic) bond motifs is 1. The number of hydrogen-bond acceptors (Lipinski definition) is 5. The number of benzene rings is 2. The molecule has 32 heavy (non-hydrogen) atoms. The molecule has 2 aliphatic rings. The molecular formula is C21H23ClN2O6S2. The van der Waals surface area contributed by atoms with Crippen LogP contribution >= 0.6 is 11.6 Å². The molecule has 2 saturated heterocycles. The summed E-state index contributed by atoms with van der Waals surface area (Å²) in [6, 6.07) is 10.1. The molecule has 0 aliphatic carbocycles. The maximum atomic E-state index is 12.9. The quantitative estimate of drug-likeness (QED) is 0.633. The van der Waals surface area contributed by atoms with Crippen molar-refractivity contribution < 1.29 is 27.7 Å². The van der Waals surface area contributed by atoms with Crippen LogP contribution in [0, 0.1) is 0 Å². The molecule has 11 heteroatoms. The number of halogens is 1. The summed E-state index contributed by atoms with van der Waals surface area (Å²) in [6.45, 7) is 0.564. The maximum Gasteiger partial charge on any atom is 0.407 e. The van der Waals surface area contributed by atoms with Crippen LogP contribution in [0.3, 0.4) is 0 Å². The Hall–Kier alpha value is -2.01. The lowest BCUT2D eigenvalue weighted by Crippen LogP contribution is -2.57. The van der Waals surface area contributed by atoms with Crippen LogP contribution in [-0.4, -0.2) is 75.9 Å². The molecule has 0 saturated carbocycles. The largest absolute Gasteiger partial charge is 0.614 e. The van der Waals surface area contributed by atoms with E-state index < -0.39 is 32.0 Å². The van der Waals surface area contributed by atoms with Crippen molar-refractivity contribution in [3.63, 3.8) is 0 Å². The first-order valence-corrected chi connectivity index (χ1v) is 13.6. The van der Waals surface area contributed by atoms with Crippen molar-refractivity contribution in [2.45, 2.75) is 29.0 Å². The Labute approximate surface area is 194 Å². The Balaban J connectivity index is 1.45. The van der Waals surface area contributed by atoms with Crippen LogP contribution < -0.4 is 0 Å². The zero-order chi connectivity index (χ0) is 23.1. The third-order valence-electron chi connectivity index (χ3n) is 6.21. The van der Waals surface area contributed by atoms with Gasteiger partial charge < -0.3 is 14.6 Å². The number of likely N-dealkylation sites (tertiary alicyclic amines) is 1. The first-order chi connectivity index (χ1) is 15.1. The van der Waals surface area contributed by atoms with Gasteiger partial charge in [0.1, 0.15) is 0 Å². The summed E-state index contributed by atoms with van der Waals surface area (Å²) in [7, 11) is -3.58. The second kappa shape index (κ2) is 8.74. The first kappa shape index (κ1) is 23.2. The second-order valence-corrected chi connectivity index (χ2v) is 12.4. The fourth-order valence-electron chi connectivity index (χ4n) is 4.47. The van der Waals surface area contributed by atoms with E-state index in [0.29, 0.717) is 5.02 Å². The molecule has 1 spiro atoms. The summed E-state index contributed by atoms with van der Waals surface area (Å²) in [6.07, 6.45) is -0.255. The lowest BCUT2D eigenvalue weighted by atomic mass is 10.0. The van der Waals surface area contributed by atoms with Crippen LogP contribution in [0.15, 0.2) is 41.3 Å². The topological polar surface area (TPSA) is 118 Å². The lowest BCUT2D eigenvalue weighted by molar-refractivity contribution is -0.131. The van der Waals surface area contributed by atoms with Crippen molar-refractivity contribution >= 4 is 55.4 Å². The van der Waals surface area contributed by atoms with Gasteiger partial charge in [-0.25, -0.2) is 13.2 Å². The standard InChI is InChI=1S/C21H23ClN2O6S2/c22-17-4-2-16-13-18(5-3-15(16)12-17)32(29,30)11-1-8-24-19(25)14-31(28)21(24)6-9-23(10-7-21)20(26)27/h2-5,12-13H,1,6-11,14H2,(H,26,27). The number of sulfone groups is 1. The SMILES string of the molecule is O=C(O)N1CCC2(CC1)N(CCCS(=O)(=O)c1ccc3cc(Cl)ccc3c1)C(=O)C[S+]2[O-]. The molecule has 2 aromatic carbocycles. The number of rotatable bonds is 5. The Kier molecular flexibility index (Phi) is 6.32. The van der Waals surface area contributed by atoms with Crippen LogP contribution in [0.4, 0.5) is 4.79 Å². The number of carboxylic acid groups (broad SMARTS) is 1. The minimum atomic E-state index is -3.58. The van der Waals surface area contributed by atoms with Crippen molar-refractivity contribution in [1.29, 1.82) is 0 Å². The predicted molar refractivity (Wildman–Crippen MR) is 122 cm³/mol. The Bertz CT molecular complexity index is 1160. The first-order valence-electron chi connectivity index (χ1n) is 10.2. The average molecular weight is 499 g/mol. The Morgan fingerprint density at radius 3 is 2.50 bits per heavy atom. The molecule has 1 unspecified atom stereocenters. The average Bonchev–Trinajstić information content (AvgIpc) is 2.97. The molecule has 1 N–H and O–H groups in total. The van der Waals surface area contributed by atoms with E-state index in [1.165, 1.54) is 9.80 Å². The number of hydrogen-bond donors (Lipinski definition) is 1. The van der Waals surface area contributed by atoms with E-state index in [1.54, 1.807) is 36.4 Å². The van der Waals surface area contributed by atoms with Crippen molar-refractivity contribution in [1.82, 2.24) is 9.80 Å². The van der Waals surface area contributed by atoms with Gasteiger partial charge in [0.15, 0.2) is 15.6 Å². The highest BCUT2D eigenvalue weighted by atomic mass is 35.5. The summed E-state index contributed by atoms with van der Waals surface area (Å²) in [5.41, 5.74) is 0. The lowest BCUT2D eigenvalue weighted by Gasteiger charge is -2.42. The Morgan fingerprint density at radius 2 is 1.81 bits per heavy atom. The summed E-state index contributed by atoms with van der Waals surface area (Å²) in [5.74, 6) is -0.528. The fraction of sp³-hybridized carbons (Fsp3) is 0.429. The number of carbonyl (C=O) groups is 2. The molecule has 1 atom stereocenters. The van der Waals surface area contributed by atoms with Crippen molar-refractivity contribution in [2.75, 3.05) is 31.1 Å². The highest BCUT2D eigenvalue weighted by Crippen LogP contribution is 2.40. The molecular weight excluding hydrogens is 476 g/mol. The molecule has 2 aliphatic heterocycles. The monoisotopic (exact) mass is 498 g/mol. The van der Waals surface area contributed by atoms with E-state index in [9.17, 15) is 22.6 Å². The number of piperidine rings is 1. The van der Waals surface area contributed by atoms with Gasteiger partial charge >= 0.3 is 6.09 Å². The van der Waals surface area contributed by atoms with Crippen LogP contribution in [0.1, 0.15) is 19.3 Å². The maximum absolute atomic E-state index is 12.9. The fourth-order valence-corrected chi connectivity index (χ4v) is 7.70. The van der Waals surface area contributed by atoms with Crippen molar-refractivity contribution in [3.05, 3.63) is 41.4 Å². The second-order valence-electron chi connectivity index (χ2n) is 8.08. The number of nitrogens with zero attached hydrogens (tertiary/aromatic N) is 2. The molecule has 2 aromatic rings. The normalized spacial score (nSPS) is 20.9. The number of amides is 2. The molecule has 2 heterocycles. The van der Waals surface area contributed by atoms with Gasteiger partial charge in [-0.3, -0.25) is 9.69 Å².